The summed E-state index contributed by atoms with van der Waals surface area (Å²) in [6.45, 7) is 2.91. The number of primary amides is 1. The van der Waals surface area contributed by atoms with Gasteiger partial charge in [-0.05, 0) is 6.92 Å². The maximum absolute atomic E-state index is 10.6. The van der Waals surface area contributed by atoms with Gasteiger partial charge in [-0.25, -0.2) is 4.98 Å². The molecule has 0 aliphatic heterocycles. The van der Waals surface area contributed by atoms with Crippen LogP contribution in [0, 0.1) is 6.92 Å². The van der Waals surface area contributed by atoms with E-state index in [9.17, 15) is 9.90 Å². The first kappa shape index (κ1) is 17.0. The first-order valence-corrected chi connectivity index (χ1v) is 7.21. The van der Waals surface area contributed by atoms with Crippen LogP contribution in [0.4, 0.5) is 0 Å². The molecule has 1 rings (SSSR count). The fourth-order valence-electron chi connectivity index (χ4n) is 1.50. The zero-order chi connectivity index (χ0) is 15.0. The predicted molar refractivity (Wildman–Crippen MR) is 75.5 cm³/mol. The molecule has 0 spiro atoms. The number of aliphatic hydroxyl groups excluding tert-OH is 2. The summed E-state index contributed by atoms with van der Waals surface area (Å²) in [7, 11) is 0. The Bertz CT molecular complexity index is 413. The first-order chi connectivity index (χ1) is 9.50. The second-order valence-electron chi connectivity index (χ2n) is 4.42. The fraction of sp³-hybridized carbons (Fsp3) is 0.667. The number of carbonyl (C=O) groups is 1. The van der Waals surface area contributed by atoms with Gasteiger partial charge in [0.2, 0.25) is 5.91 Å². The van der Waals surface area contributed by atoms with Crippen molar-refractivity contribution in [2.75, 3.05) is 26.3 Å². The standard InChI is InChI=1S/C12H21N3O4S/c1-8-11(20-7-15-8)2-3-19-6-9(16)4-14-5-10(17)12(13)18/h7,9-10,14,16-17H,2-6H2,1H3,(H2,13,18). The third kappa shape index (κ3) is 6.40. The molecular formula is C12H21N3O4S. The van der Waals surface area contributed by atoms with Crippen molar-refractivity contribution in [3.05, 3.63) is 16.1 Å². The summed E-state index contributed by atoms with van der Waals surface area (Å²) in [4.78, 5) is 15.9. The predicted octanol–water partition coefficient (Wildman–Crippen LogP) is -1.19. The number of aromatic nitrogens is 1. The van der Waals surface area contributed by atoms with Crippen LogP contribution in [0.3, 0.4) is 0 Å². The third-order valence-electron chi connectivity index (χ3n) is 2.67. The number of carbonyl (C=O) groups excluding carboxylic acids is 1. The Hall–Kier alpha value is -1.06. The van der Waals surface area contributed by atoms with E-state index in [0.717, 1.165) is 12.1 Å². The number of nitrogens with two attached hydrogens (primary N) is 1. The monoisotopic (exact) mass is 303 g/mol. The number of nitrogens with zero attached hydrogens (tertiary/aromatic N) is 1. The number of rotatable bonds is 10. The molecule has 0 saturated carbocycles. The van der Waals surface area contributed by atoms with Crippen LogP contribution in [0.2, 0.25) is 0 Å². The van der Waals surface area contributed by atoms with Crippen LogP contribution in [0.15, 0.2) is 5.51 Å². The Kier molecular flexibility index (Phi) is 7.63. The fourth-order valence-corrected chi connectivity index (χ4v) is 2.26. The highest BCUT2D eigenvalue weighted by atomic mass is 32.1. The highest BCUT2D eigenvalue weighted by molar-refractivity contribution is 7.09. The van der Waals surface area contributed by atoms with E-state index >= 15 is 0 Å². The van der Waals surface area contributed by atoms with Crippen LogP contribution >= 0.6 is 11.3 Å². The molecular weight excluding hydrogens is 282 g/mol. The maximum Gasteiger partial charge on any atom is 0.247 e. The summed E-state index contributed by atoms with van der Waals surface area (Å²) in [5, 5.41) is 21.5. The van der Waals surface area contributed by atoms with Crippen LogP contribution in [-0.2, 0) is 16.0 Å². The summed E-state index contributed by atoms with van der Waals surface area (Å²) in [6.07, 6.45) is -1.16. The summed E-state index contributed by atoms with van der Waals surface area (Å²) >= 11 is 1.59. The molecule has 1 heterocycles. The second kappa shape index (κ2) is 8.98. The SMILES string of the molecule is Cc1ncsc1CCOCC(O)CNCC(O)C(N)=O. The molecule has 2 atom stereocenters. The molecule has 0 aromatic carbocycles. The lowest BCUT2D eigenvalue weighted by Gasteiger charge is -2.13. The average Bonchev–Trinajstić information content (AvgIpc) is 2.80. The summed E-state index contributed by atoms with van der Waals surface area (Å²) in [5.74, 6) is -0.789. The van der Waals surface area contributed by atoms with E-state index in [1.54, 1.807) is 16.8 Å². The number of hydrogen-bond donors (Lipinski definition) is 4. The Morgan fingerprint density at radius 1 is 1.55 bits per heavy atom. The lowest BCUT2D eigenvalue weighted by Crippen LogP contribution is -2.41. The average molecular weight is 303 g/mol. The van der Waals surface area contributed by atoms with Crippen molar-refractivity contribution in [3.8, 4) is 0 Å². The Balaban J connectivity index is 2.04. The normalized spacial score (nSPS) is 14.2. The molecule has 7 nitrogen and oxygen atoms in total. The van der Waals surface area contributed by atoms with Crippen molar-refractivity contribution in [1.82, 2.24) is 10.3 Å². The maximum atomic E-state index is 10.6. The molecule has 8 heteroatoms. The van der Waals surface area contributed by atoms with E-state index in [1.165, 1.54) is 4.88 Å². The van der Waals surface area contributed by atoms with Gasteiger partial charge in [0.1, 0.15) is 6.10 Å². The van der Waals surface area contributed by atoms with Gasteiger partial charge in [0.05, 0.1) is 30.5 Å². The first-order valence-electron chi connectivity index (χ1n) is 6.33. The highest BCUT2D eigenvalue weighted by Crippen LogP contribution is 2.12. The van der Waals surface area contributed by atoms with Crippen LogP contribution in [0.5, 0.6) is 0 Å². The van der Waals surface area contributed by atoms with Crippen molar-refractivity contribution >= 4 is 17.2 Å². The lowest BCUT2D eigenvalue weighted by molar-refractivity contribution is -0.125. The smallest absolute Gasteiger partial charge is 0.247 e. The van der Waals surface area contributed by atoms with Gasteiger partial charge in [-0.1, -0.05) is 0 Å². The Labute approximate surface area is 121 Å². The zero-order valence-electron chi connectivity index (χ0n) is 11.4. The number of aliphatic hydroxyl groups is 2. The number of amides is 1. The van der Waals surface area contributed by atoms with Crippen molar-refractivity contribution in [3.63, 3.8) is 0 Å². The molecule has 0 saturated heterocycles. The molecule has 0 aliphatic rings. The van der Waals surface area contributed by atoms with Crippen molar-refractivity contribution in [1.29, 1.82) is 0 Å². The van der Waals surface area contributed by atoms with Crippen LogP contribution in [0.25, 0.3) is 0 Å². The molecule has 0 radical (unpaired) electrons. The van der Waals surface area contributed by atoms with E-state index in [1.807, 2.05) is 6.92 Å². The van der Waals surface area contributed by atoms with Crippen molar-refractivity contribution in [2.45, 2.75) is 25.6 Å². The molecule has 0 aliphatic carbocycles. The van der Waals surface area contributed by atoms with Gasteiger partial charge in [0.15, 0.2) is 0 Å². The van der Waals surface area contributed by atoms with Gasteiger partial charge < -0.3 is 26.0 Å². The van der Waals surface area contributed by atoms with Crippen molar-refractivity contribution in [2.24, 2.45) is 5.73 Å². The van der Waals surface area contributed by atoms with Crippen LogP contribution < -0.4 is 11.1 Å². The van der Waals surface area contributed by atoms with Crippen LogP contribution in [0.1, 0.15) is 10.6 Å². The minimum absolute atomic E-state index is 0.0203. The van der Waals surface area contributed by atoms with Crippen molar-refractivity contribution < 1.29 is 19.7 Å². The van der Waals surface area contributed by atoms with Crippen LogP contribution in [-0.4, -0.2) is 59.6 Å². The number of ether oxygens (including phenoxy) is 1. The molecule has 20 heavy (non-hydrogen) atoms. The number of nitrogens with one attached hydrogen (secondary N) is 1. The summed E-state index contributed by atoms with van der Waals surface area (Å²) in [6, 6.07) is 0. The molecule has 2 unspecified atom stereocenters. The quantitative estimate of drug-likeness (QED) is 0.404. The summed E-state index contributed by atoms with van der Waals surface area (Å²) < 4.78 is 5.36. The van der Waals surface area contributed by atoms with Gasteiger partial charge in [-0.15, -0.1) is 11.3 Å². The number of hydrogen-bond acceptors (Lipinski definition) is 7. The van der Waals surface area contributed by atoms with E-state index in [0.29, 0.717) is 6.61 Å². The van der Waals surface area contributed by atoms with E-state index in [4.69, 9.17) is 15.6 Å². The zero-order valence-corrected chi connectivity index (χ0v) is 12.2. The van der Waals surface area contributed by atoms with Gasteiger partial charge in [-0.3, -0.25) is 4.79 Å². The Morgan fingerprint density at radius 3 is 2.90 bits per heavy atom. The van der Waals surface area contributed by atoms with E-state index < -0.39 is 18.1 Å². The van der Waals surface area contributed by atoms with E-state index in [2.05, 4.69) is 10.3 Å². The van der Waals surface area contributed by atoms with Gasteiger partial charge in [-0.2, -0.15) is 0 Å². The van der Waals surface area contributed by atoms with Gasteiger partial charge in [0, 0.05) is 24.4 Å². The minimum atomic E-state index is -1.24. The van der Waals surface area contributed by atoms with Gasteiger partial charge in [0.25, 0.3) is 0 Å². The molecule has 0 fully saturated rings. The molecule has 1 aromatic heterocycles. The Morgan fingerprint density at radius 2 is 2.30 bits per heavy atom. The highest BCUT2D eigenvalue weighted by Gasteiger charge is 2.11. The largest absolute Gasteiger partial charge is 0.389 e. The molecule has 5 N–H and O–H groups in total. The third-order valence-corrected chi connectivity index (χ3v) is 3.67. The summed E-state index contributed by atoms with van der Waals surface area (Å²) in [5.41, 5.74) is 7.70. The topological polar surface area (TPSA) is 118 Å². The van der Waals surface area contributed by atoms with E-state index in [-0.39, 0.29) is 19.7 Å². The molecule has 114 valence electrons. The van der Waals surface area contributed by atoms with Gasteiger partial charge >= 0.3 is 0 Å². The minimum Gasteiger partial charge on any atom is -0.389 e. The molecule has 0 bridgehead atoms. The second-order valence-corrected chi connectivity index (χ2v) is 5.36. The number of aryl methyl sites for hydroxylation is 1. The number of thiazole rings is 1. The molecule has 1 amide bonds. The molecule has 1 aromatic rings. The lowest BCUT2D eigenvalue weighted by atomic mass is 10.3.